The summed E-state index contributed by atoms with van der Waals surface area (Å²) in [6, 6.07) is 14.2. The molecule has 2 aromatic carbocycles. The summed E-state index contributed by atoms with van der Waals surface area (Å²) in [7, 11) is 5.08. The van der Waals surface area contributed by atoms with Gasteiger partial charge in [0.2, 0.25) is 0 Å². The molecule has 2 aliphatic rings. The van der Waals surface area contributed by atoms with Crippen LogP contribution in [0.1, 0.15) is 35.6 Å². The minimum absolute atomic E-state index is 0.224. The number of aliphatic hydroxyl groups excluding tert-OH is 1. The highest BCUT2D eigenvalue weighted by molar-refractivity contribution is 5.46. The fourth-order valence-corrected chi connectivity index (χ4v) is 5.06. The molecule has 2 aromatic rings. The van der Waals surface area contributed by atoms with Crippen molar-refractivity contribution >= 4 is 0 Å². The summed E-state index contributed by atoms with van der Waals surface area (Å²) in [5.41, 5.74) is 3.24. The SMILES string of the molecule is COc1cccc(OC)c1CN1CCC2(CC1)c1ccccc1[C@H](OC)[C@H]2O. The lowest BCUT2D eigenvalue weighted by Gasteiger charge is -2.42. The maximum atomic E-state index is 11.1. The summed E-state index contributed by atoms with van der Waals surface area (Å²) in [4.78, 5) is 2.42. The molecule has 0 radical (unpaired) electrons. The second-order valence-electron chi connectivity index (χ2n) is 7.76. The Kier molecular flexibility index (Phi) is 5.32. The molecule has 0 aromatic heterocycles. The maximum Gasteiger partial charge on any atom is 0.127 e. The predicted octanol–water partition coefficient (Wildman–Crippen LogP) is 3.30. The van der Waals surface area contributed by atoms with E-state index in [2.05, 4.69) is 23.1 Å². The Labute approximate surface area is 166 Å². The van der Waals surface area contributed by atoms with Crippen molar-refractivity contribution in [3.63, 3.8) is 0 Å². The van der Waals surface area contributed by atoms with Gasteiger partial charge in [0.15, 0.2) is 0 Å². The van der Waals surface area contributed by atoms with Crippen LogP contribution in [-0.4, -0.2) is 50.5 Å². The second-order valence-corrected chi connectivity index (χ2v) is 7.76. The third kappa shape index (κ3) is 2.98. The smallest absolute Gasteiger partial charge is 0.127 e. The number of fused-ring (bicyclic) bond motifs is 2. The van der Waals surface area contributed by atoms with E-state index < -0.39 is 6.10 Å². The number of likely N-dealkylation sites (tertiary alicyclic amines) is 1. The fourth-order valence-electron chi connectivity index (χ4n) is 5.06. The predicted molar refractivity (Wildman–Crippen MR) is 108 cm³/mol. The number of aliphatic hydroxyl groups is 1. The number of piperidine rings is 1. The van der Waals surface area contributed by atoms with E-state index in [9.17, 15) is 5.11 Å². The van der Waals surface area contributed by atoms with Gasteiger partial charge in [0, 0.05) is 19.1 Å². The van der Waals surface area contributed by atoms with Crippen molar-refractivity contribution in [3.05, 3.63) is 59.2 Å². The van der Waals surface area contributed by atoms with Crippen LogP contribution in [0.2, 0.25) is 0 Å². The molecule has 4 rings (SSSR count). The molecule has 0 amide bonds. The summed E-state index contributed by atoms with van der Waals surface area (Å²) in [5.74, 6) is 1.70. The zero-order chi connectivity index (χ0) is 19.7. The average molecular weight is 383 g/mol. The topological polar surface area (TPSA) is 51.2 Å². The molecule has 1 heterocycles. The lowest BCUT2D eigenvalue weighted by molar-refractivity contribution is -0.0551. The number of ether oxygens (including phenoxy) is 3. The zero-order valence-corrected chi connectivity index (χ0v) is 16.9. The van der Waals surface area contributed by atoms with Gasteiger partial charge in [0.25, 0.3) is 0 Å². The van der Waals surface area contributed by atoms with Crippen molar-refractivity contribution in [1.29, 1.82) is 0 Å². The largest absolute Gasteiger partial charge is 0.496 e. The van der Waals surface area contributed by atoms with Gasteiger partial charge < -0.3 is 19.3 Å². The van der Waals surface area contributed by atoms with E-state index in [4.69, 9.17) is 14.2 Å². The Bertz CT molecular complexity index is 807. The van der Waals surface area contributed by atoms with Gasteiger partial charge in [-0.05, 0) is 49.2 Å². The van der Waals surface area contributed by atoms with Crippen LogP contribution in [0.25, 0.3) is 0 Å². The number of methoxy groups -OCH3 is 3. The van der Waals surface area contributed by atoms with Gasteiger partial charge in [0.1, 0.15) is 17.6 Å². The van der Waals surface area contributed by atoms with E-state index in [0.717, 1.165) is 55.1 Å². The molecule has 1 spiro atoms. The molecule has 150 valence electrons. The molecule has 1 N–H and O–H groups in total. The molecule has 0 unspecified atom stereocenters. The van der Waals surface area contributed by atoms with Crippen LogP contribution in [0.15, 0.2) is 42.5 Å². The number of benzene rings is 2. The molecule has 1 fully saturated rings. The summed E-state index contributed by atoms with van der Waals surface area (Å²) in [5, 5.41) is 11.1. The Morgan fingerprint density at radius 2 is 1.61 bits per heavy atom. The molecule has 28 heavy (non-hydrogen) atoms. The summed E-state index contributed by atoms with van der Waals surface area (Å²) in [6.07, 6.45) is 1.07. The van der Waals surface area contributed by atoms with Crippen LogP contribution in [-0.2, 0) is 16.7 Å². The third-order valence-electron chi connectivity index (χ3n) is 6.57. The Morgan fingerprint density at radius 1 is 0.964 bits per heavy atom. The first-order chi connectivity index (χ1) is 13.6. The molecule has 1 aliphatic carbocycles. The van der Waals surface area contributed by atoms with Gasteiger partial charge in [-0.2, -0.15) is 0 Å². The second kappa shape index (κ2) is 7.74. The monoisotopic (exact) mass is 383 g/mol. The van der Waals surface area contributed by atoms with Crippen LogP contribution in [0.5, 0.6) is 11.5 Å². The zero-order valence-electron chi connectivity index (χ0n) is 16.9. The number of nitrogens with zero attached hydrogens (tertiary/aromatic N) is 1. The Balaban J connectivity index is 1.55. The van der Waals surface area contributed by atoms with Crippen molar-refractivity contribution in [3.8, 4) is 11.5 Å². The van der Waals surface area contributed by atoms with E-state index in [1.165, 1.54) is 5.56 Å². The van der Waals surface area contributed by atoms with Crippen LogP contribution >= 0.6 is 0 Å². The molecule has 0 saturated carbocycles. The van der Waals surface area contributed by atoms with Crippen LogP contribution in [0.3, 0.4) is 0 Å². The fraction of sp³-hybridized carbons (Fsp3) is 0.478. The van der Waals surface area contributed by atoms with Gasteiger partial charge >= 0.3 is 0 Å². The molecule has 1 aliphatic heterocycles. The standard InChI is InChI=1S/C23H29NO4/c1-26-19-9-6-10-20(27-2)17(19)15-24-13-11-23(12-14-24)18-8-5-4-7-16(18)21(28-3)22(23)25/h4-10,21-22,25H,11-15H2,1-3H3/t21-,22+/m0/s1. The minimum atomic E-state index is -0.502. The number of hydrogen-bond acceptors (Lipinski definition) is 5. The van der Waals surface area contributed by atoms with Gasteiger partial charge in [0.05, 0.1) is 25.9 Å². The van der Waals surface area contributed by atoms with E-state index in [0.29, 0.717) is 0 Å². The van der Waals surface area contributed by atoms with Crippen LogP contribution in [0.4, 0.5) is 0 Å². The first-order valence-electron chi connectivity index (χ1n) is 9.87. The molecule has 0 bridgehead atoms. The summed E-state index contributed by atoms with van der Waals surface area (Å²) in [6.45, 7) is 2.58. The summed E-state index contributed by atoms with van der Waals surface area (Å²) >= 11 is 0. The van der Waals surface area contributed by atoms with Gasteiger partial charge in [-0.25, -0.2) is 0 Å². The van der Waals surface area contributed by atoms with Crippen molar-refractivity contribution in [2.45, 2.75) is 37.0 Å². The third-order valence-corrected chi connectivity index (χ3v) is 6.57. The van der Waals surface area contributed by atoms with Crippen molar-refractivity contribution in [1.82, 2.24) is 4.90 Å². The first kappa shape index (κ1) is 19.2. The van der Waals surface area contributed by atoms with Crippen molar-refractivity contribution < 1.29 is 19.3 Å². The van der Waals surface area contributed by atoms with Gasteiger partial charge in [-0.1, -0.05) is 30.3 Å². The van der Waals surface area contributed by atoms with Gasteiger partial charge in [-0.3, -0.25) is 4.90 Å². The number of hydrogen-bond donors (Lipinski definition) is 1. The van der Waals surface area contributed by atoms with E-state index in [1.807, 2.05) is 24.3 Å². The number of rotatable bonds is 5. The van der Waals surface area contributed by atoms with Crippen LogP contribution < -0.4 is 9.47 Å². The summed E-state index contributed by atoms with van der Waals surface area (Å²) < 4.78 is 16.8. The van der Waals surface area contributed by atoms with Crippen LogP contribution in [0, 0.1) is 0 Å². The Hall–Kier alpha value is -2.08. The lowest BCUT2D eigenvalue weighted by atomic mass is 9.72. The van der Waals surface area contributed by atoms with Crippen molar-refractivity contribution in [2.24, 2.45) is 0 Å². The average Bonchev–Trinajstić information content (AvgIpc) is 2.97. The normalized spacial score (nSPS) is 23.6. The van der Waals surface area contributed by atoms with E-state index in [-0.39, 0.29) is 11.5 Å². The van der Waals surface area contributed by atoms with E-state index in [1.54, 1.807) is 21.3 Å². The maximum absolute atomic E-state index is 11.1. The van der Waals surface area contributed by atoms with Gasteiger partial charge in [-0.15, -0.1) is 0 Å². The molecular formula is C23H29NO4. The minimum Gasteiger partial charge on any atom is -0.496 e. The lowest BCUT2D eigenvalue weighted by Crippen LogP contribution is -2.47. The molecular weight excluding hydrogens is 354 g/mol. The quantitative estimate of drug-likeness (QED) is 0.859. The Morgan fingerprint density at radius 3 is 2.21 bits per heavy atom. The highest BCUT2D eigenvalue weighted by Crippen LogP contribution is 2.52. The molecule has 5 nitrogen and oxygen atoms in total. The highest BCUT2D eigenvalue weighted by Gasteiger charge is 2.52. The molecule has 1 saturated heterocycles. The van der Waals surface area contributed by atoms with Crippen molar-refractivity contribution in [2.75, 3.05) is 34.4 Å². The first-order valence-corrected chi connectivity index (χ1v) is 9.87. The molecule has 5 heteroatoms. The molecule has 2 atom stereocenters. The van der Waals surface area contributed by atoms with E-state index >= 15 is 0 Å². The highest BCUT2D eigenvalue weighted by atomic mass is 16.5.